The molecule has 6 heteroatoms. The molecule has 0 saturated heterocycles. The highest BCUT2D eigenvalue weighted by Gasteiger charge is 2.19. The Bertz CT molecular complexity index is 993. The van der Waals surface area contributed by atoms with Gasteiger partial charge in [-0.05, 0) is 43.7 Å². The van der Waals surface area contributed by atoms with Crippen LogP contribution in [0.4, 0.5) is 0 Å². The van der Waals surface area contributed by atoms with Crippen LogP contribution in [0.25, 0.3) is 11.0 Å². The van der Waals surface area contributed by atoms with E-state index < -0.39 is 17.7 Å². The second-order valence-electron chi connectivity index (χ2n) is 5.52. The van der Waals surface area contributed by atoms with E-state index in [1.165, 1.54) is 12.1 Å². The van der Waals surface area contributed by atoms with Crippen LogP contribution in [0, 0.1) is 6.92 Å². The first-order valence-corrected chi connectivity index (χ1v) is 7.99. The van der Waals surface area contributed by atoms with E-state index in [9.17, 15) is 9.59 Å². The monoisotopic (exact) mass is 358 g/mol. The lowest BCUT2D eigenvalue weighted by Gasteiger charge is -2.14. The predicted octanol–water partition coefficient (Wildman–Crippen LogP) is 4.13. The molecule has 0 unspecified atom stereocenters. The van der Waals surface area contributed by atoms with E-state index in [-0.39, 0.29) is 5.75 Å². The lowest BCUT2D eigenvalue weighted by atomic mass is 10.1. The maximum Gasteiger partial charge on any atom is 0.352 e. The van der Waals surface area contributed by atoms with Crippen LogP contribution >= 0.6 is 11.6 Å². The molecule has 0 fully saturated rings. The number of hydrogen-bond acceptors (Lipinski definition) is 5. The van der Waals surface area contributed by atoms with E-state index in [1.54, 1.807) is 43.3 Å². The van der Waals surface area contributed by atoms with Gasteiger partial charge in [-0.3, -0.25) is 0 Å². The van der Waals surface area contributed by atoms with Gasteiger partial charge in [-0.2, -0.15) is 0 Å². The van der Waals surface area contributed by atoms with E-state index in [0.717, 1.165) is 10.9 Å². The van der Waals surface area contributed by atoms with Gasteiger partial charge in [0.1, 0.15) is 17.1 Å². The van der Waals surface area contributed by atoms with Gasteiger partial charge in [0.2, 0.25) is 0 Å². The summed E-state index contributed by atoms with van der Waals surface area (Å²) in [5.41, 5.74) is 0.693. The molecule has 25 heavy (non-hydrogen) atoms. The van der Waals surface area contributed by atoms with Gasteiger partial charge in [0.25, 0.3) is 0 Å². The maximum atomic E-state index is 12.2. The first-order chi connectivity index (χ1) is 11.9. The molecule has 3 aromatic rings. The van der Waals surface area contributed by atoms with Crippen LogP contribution in [0.3, 0.4) is 0 Å². The molecule has 0 saturated carbocycles. The van der Waals surface area contributed by atoms with Crippen molar-refractivity contribution in [3.8, 4) is 11.5 Å². The number of aryl methyl sites for hydroxylation is 1. The Labute approximate surface area is 148 Å². The summed E-state index contributed by atoms with van der Waals surface area (Å²) < 4.78 is 16.0. The van der Waals surface area contributed by atoms with Gasteiger partial charge in [-0.15, -0.1) is 0 Å². The molecule has 0 aliphatic heterocycles. The van der Waals surface area contributed by atoms with Gasteiger partial charge < -0.3 is 13.9 Å². The molecule has 0 aliphatic rings. The summed E-state index contributed by atoms with van der Waals surface area (Å²) in [5, 5.41) is 1.19. The Morgan fingerprint density at radius 1 is 1.16 bits per heavy atom. The fraction of sp³-hybridized carbons (Fsp3) is 0.158. The van der Waals surface area contributed by atoms with Crippen molar-refractivity contribution in [3.63, 3.8) is 0 Å². The third kappa shape index (κ3) is 3.83. The average Bonchev–Trinajstić information content (AvgIpc) is 2.56. The van der Waals surface area contributed by atoms with Crippen LogP contribution in [0.1, 0.15) is 12.5 Å². The van der Waals surface area contributed by atoms with Crippen molar-refractivity contribution >= 4 is 28.5 Å². The third-order valence-electron chi connectivity index (χ3n) is 3.61. The summed E-state index contributed by atoms with van der Waals surface area (Å²) in [5.74, 6) is 0.0730. The van der Waals surface area contributed by atoms with Gasteiger partial charge in [0, 0.05) is 17.5 Å². The summed E-state index contributed by atoms with van der Waals surface area (Å²) in [6, 6.07) is 13.1. The van der Waals surface area contributed by atoms with Crippen LogP contribution in [-0.4, -0.2) is 12.1 Å². The predicted molar refractivity (Wildman–Crippen MR) is 94.4 cm³/mol. The van der Waals surface area contributed by atoms with Crippen molar-refractivity contribution in [2.75, 3.05) is 0 Å². The zero-order valence-corrected chi connectivity index (χ0v) is 14.4. The molecule has 0 radical (unpaired) electrons. The Morgan fingerprint density at radius 2 is 1.92 bits per heavy atom. The highest BCUT2D eigenvalue weighted by Crippen LogP contribution is 2.25. The van der Waals surface area contributed by atoms with Crippen molar-refractivity contribution in [3.05, 3.63) is 69.5 Å². The molecular weight excluding hydrogens is 344 g/mol. The van der Waals surface area contributed by atoms with Gasteiger partial charge in [-0.1, -0.05) is 23.7 Å². The van der Waals surface area contributed by atoms with Crippen LogP contribution in [-0.2, 0) is 4.79 Å². The summed E-state index contributed by atoms with van der Waals surface area (Å²) >= 11 is 6.01. The van der Waals surface area contributed by atoms with Crippen LogP contribution in [0.15, 0.2) is 57.7 Å². The second-order valence-corrected chi connectivity index (χ2v) is 5.93. The van der Waals surface area contributed by atoms with E-state index >= 15 is 0 Å². The first kappa shape index (κ1) is 17.0. The van der Waals surface area contributed by atoms with Gasteiger partial charge >= 0.3 is 11.6 Å². The largest absolute Gasteiger partial charge is 0.477 e. The van der Waals surface area contributed by atoms with E-state index in [0.29, 0.717) is 16.4 Å². The Hall–Kier alpha value is -2.79. The highest BCUT2D eigenvalue weighted by molar-refractivity contribution is 6.32. The van der Waals surface area contributed by atoms with E-state index in [2.05, 4.69) is 0 Å². The van der Waals surface area contributed by atoms with Gasteiger partial charge in [-0.25, -0.2) is 9.59 Å². The number of para-hydroxylation sites is 1. The molecule has 1 heterocycles. The molecule has 0 N–H and O–H groups in total. The molecular formula is C19H15ClO5. The lowest BCUT2D eigenvalue weighted by Crippen LogP contribution is -2.28. The van der Waals surface area contributed by atoms with Crippen LogP contribution < -0.4 is 15.1 Å². The standard InChI is InChI=1S/C19H15ClO5/c1-11-9-18(21)25-17-10-13(7-8-14(11)17)24-19(22)12(2)23-16-6-4-3-5-15(16)20/h3-10,12H,1-2H3/t12-/m1/s1. The molecule has 5 nitrogen and oxygen atoms in total. The SMILES string of the molecule is Cc1cc(=O)oc2cc(OC(=O)[C@@H](C)Oc3ccccc3Cl)ccc12. The van der Waals surface area contributed by atoms with Crippen LogP contribution in [0.5, 0.6) is 11.5 Å². The number of rotatable bonds is 4. The number of ether oxygens (including phenoxy) is 2. The van der Waals surface area contributed by atoms with Crippen molar-refractivity contribution in [1.29, 1.82) is 0 Å². The number of carbonyl (C=O) groups is 1. The van der Waals surface area contributed by atoms with Crippen molar-refractivity contribution in [1.82, 2.24) is 0 Å². The molecule has 0 bridgehead atoms. The lowest BCUT2D eigenvalue weighted by molar-refractivity contribution is -0.141. The minimum atomic E-state index is -0.861. The fourth-order valence-corrected chi connectivity index (χ4v) is 2.53. The smallest absolute Gasteiger partial charge is 0.352 e. The highest BCUT2D eigenvalue weighted by atomic mass is 35.5. The number of carbonyl (C=O) groups excluding carboxylic acids is 1. The minimum absolute atomic E-state index is 0.265. The number of hydrogen-bond donors (Lipinski definition) is 0. The summed E-state index contributed by atoms with van der Waals surface area (Å²) in [6.07, 6.45) is -0.861. The number of esters is 1. The summed E-state index contributed by atoms with van der Waals surface area (Å²) in [6.45, 7) is 3.38. The van der Waals surface area contributed by atoms with Gasteiger partial charge in [0.05, 0.1) is 5.02 Å². The zero-order chi connectivity index (χ0) is 18.0. The van der Waals surface area contributed by atoms with Crippen molar-refractivity contribution in [2.24, 2.45) is 0 Å². The van der Waals surface area contributed by atoms with E-state index in [1.807, 2.05) is 6.92 Å². The summed E-state index contributed by atoms with van der Waals surface area (Å²) in [4.78, 5) is 23.7. The Morgan fingerprint density at radius 3 is 2.68 bits per heavy atom. The maximum absolute atomic E-state index is 12.2. The Kier molecular flexibility index (Phi) is 4.76. The first-order valence-electron chi connectivity index (χ1n) is 7.61. The molecule has 3 rings (SSSR count). The third-order valence-corrected chi connectivity index (χ3v) is 3.93. The topological polar surface area (TPSA) is 65.7 Å². The Balaban J connectivity index is 1.77. The molecule has 0 aliphatic carbocycles. The molecule has 1 atom stereocenters. The second kappa shape index (κ2) is 6.99. The minimum Gasteiger partial charge on any atom is -0.477 e. The van der Waals surface area contributed by atoms with Crippen molar-refractivity contribution in [2.45, 2.75) is 20.0 Å². The molecule has 0 amide bonds. The fourth-order valence-electron chi connectivity index (χ4n) is 2.35. The van der Waals surface area contributed by atoms with E-state index in [4.69, 9.17) is 25.5 Å². The quantitative estimate of drug-likeness (QED) is 0.398. The van der Waals surface area contributed by atoms with Gasteiger partial charge in [0.15, 0.2) is 6.10 Å². The number of benzene rings is 2. The van der Waals surface area contributed by atoms with Crippen molar-refractivity contribution < 1.29 is 18.7 Å². The molecule has 0 spiro atoms. The van der Waals surface area contributed by atoms with Crippen LogP contribution in [0.2, 0.25) is 5.02 Å². The number of halogens is 1. The average molecular weight is 359 g/mol. The zero-order valence-electron chi connectivity index (χ0n) is 13.6. The molecule has 2 aromatic carbocycles. The molecule has 1 aromatic heterocycles. The summed E-state index contributed by atoms with van der Waals surface area (Å²) in [7, 11) is 0. The normalized spacial score (nSPS) is 12.0. The molecule has 128 valence electrons. The number of fused-ring (bicyclic) bond motifs is 1.